The Labute approximate surface area is 100 Å². The number of fused-ring (bicyclic) bond motifs is 2. The number of piperidine rings is 1. The van der Waals surface area contributed by atoms with Crippen molar-refractivity contribution in [3.8, 4) is 0 Å². The molecule has 2 rings (SSSR count). The molecule has 2 amide bonds. The van der Waals surface area contributed by atoms with Gasteiger partial charge in [0.25, 0.3) is 0 Å². The minimum atomic E-state index is -4.57. The molecule has 2 fully saturated rings. The highest BCUT2D eigenvalue weighted by Gasteiger charge is 2.52. The molecular weight excluding hydrogens is 252 g/mol. The Morgan fingerprint density at radius 1 is 1.56 bits per heavy atom. The normalized spacial score (nSPS) is 27.3. The van der Waals surface area contributed by atoms with Gasteiger partial charge in [0.05, 0.1) is 12.6 Å². The lowest BCUT2D eigenvalue weighted by atomic mass is 10.1. The molecule has 2 bridgehead atoms. The topological polar surface area (TPSA) is 77.3 Å². The highest BCUT2D eigenvalue weighted by Crippen LogP contribution is 2.32. The van der Waals surface area contributed by atoms with Crippen LogP contribution in [-0.4, -0.2) is 46.8 Å². The van der Waals surface area contributed by atoms with Crippen molar-refractivity contribution in [1.29, 1.82) is 0 Å². The van der Waals surface area contributed by atoms with Crippen LogP contribution in [0.1, 0.15) is 12.8 Å². The standard InChI is InChI=1S/C9H9F2N3O4/c1-12-6-3-2-5-4-13(6)8(17)14(5)18-9(10,11)7(15)16/h5-6H,2-4H2,(H,15,16)/p-1/t5-,6+/m1/s1. The van der Waals surface area contributed by atoms with Crippen LogP contribution in [0.5, 0.6) is 0 Å². The molecule has 0 aromatic heterocycles. The van der Waals surface area contributed by atoms with Crippen molar-refractivity contribution < 1.29 is 28.3 Å². The van der Waals surface area contributed by atoms with E-state index in [4.69, 9.17) is 6.57 Å². The van der Waals surface area contributed by atoms with Gasteiger partial charge in [-0.1, -0.05) is 0 Å². The van der Waals surface area contributed by atoms with Crippen molar-refractivity contribution in [3.63, 3.8) is 0 Å². The fourth-order valence-corrected chi connectivity index (χ4v) is 2.03. The summed E-state index contributed by atoms with van der Waals surface area (Å²) < 4.78 is 25.7. The Hall–Kier alpha value is -1.95. The Kier molecular flexibility index (Phi) is 2.82. The second-order valence-electron chi connectivity index (χ2n) is 4.00. The van der Waals surface area contributed by atoms with Crippen molar-refractivity contribution >= 4 is 12.0 Å². The molecule has 0 unspecified atom stereocenters. The summed E-state index contributed by atoms with van der Waals surface area (Å²) in [6.45, 7) is 6.95. The molecule has 2 aliphatic heterocycles. The lowest BCUT2D eigenvalue weighted by Crippen LogP contribution is -2.49. The van der Waals surface area contributed by atoms with E-state index in [1.807, 2.05) is 0 Å². The van der Waals surface area contributed by atoms with Gasteiger partial charge in [0, 0.05) is 6.42 Å². The van der Waals surface area contributed by atoms with Crippen LogP contribution in [0.4, 0.5) is 13.6 Å². The zero-order chi connectivity index (χ0) is 13.5. The third-order valence-electron chi connectivity index (χ3n) is 2.89. The number of carboxylic acids is 1. The van der Waals surface area contributed by atoms with Gasteiger partial charge in [-0.05, 0) is 6.42 Å². The van der Waals surface area contributed by atoms with Crippen LogP contribution in [-0.2, 0) is 9.63 Å². The number of carboxylic acid groups (broad SMARTS) is 1. The van der Waals surface area contributed by atoms with E-state index in [1.54, 1.807) is 0 Å². The average Bonchev–Trinajstić information content (AvgIpc) is 2.55. The number of hydrogen-bond acceptors (Lipinski definition) is 4. The first kappa shape index (κ1) is 12.5. The first-order valence-electron chi connectivity index (χ1n) is 5.11. The van der Waals surface area contributed by atoms with E-state index in [0.29, 0.717) is 17.9 Å². The number of rotatable bonds is 3. The van der Waals surface area contributed by atoms with Crippen LogP contribution in [0.15, 0.2) is 0 Å². The van der Waals surface area contributed by atoms with E-state index in [2.05, 4.69) is 9.68 Å². The van der Waals surface area contributed by atoms with E-state index < -0.39 is 30.3 Å². The highest BCUT2D eigenvalue weighted by atomic mass is 19.3. The molecule has 2 atom stereocenters. The van der Waals surface area contributed by atoms with Gasteiger partial charge in [0.15, 0.2) is 0 Å². The molecular formula is C9H8F2N3O4-. The maximum Gasteiger partial charge on any atom is 0.417 e. The summed E-state index contributed by atoms with van der Waals surface area (Å²) >= 11 is 0. The molecule has 2 aliphatic rings. The number of aliphatic carboxylic acids is 1. The van der Waals surface area contributed by atoms with Gasteiger partial charge in [0.1, 0.15) is 5.97 Å². The van der Waals surface area contributed by atoms with Crippen LogP contribution in [0.2, 0.25) is 0 Å². The van der Waals surface area contributed by atoms with Gasteiger partial charge in [-0.2, -0.15) is 18.7 Å². The summed E-state index contributed by atoms with van der Waals surface area (Å²) in [6, 6.07) is -1.58. The molecule has 0 radical (unpaired) electrons. The maximum absolute atomic E-state index is 12.9. The quantitative estimate of drug-likeness (QED) is 0.635. The van der Waals surface area contributed by atoms with Crippen LogP contribution >= 0.6 is 0 Å². The number of urea groups is 1. The molecule has 0 aromatic carbocycles. The fourth-order valence-electron chi connectivity index (χ4n) is 2.03. The number of carbonyl (C=O) groups is 2. The lowest BCUT2D eigenvalue weighted by Gasteiger charge is -2.26. The van der Waals surface area contributed by atoms with Gasteiger partial charge in [-0.15, -0.1) is 0 Å². The number of halogens is 2. The van der Waals surface area contributed by atoms with Gasteiger partial charge in [-0.25, -0.2) is 11.4 Å². The number of hydrogen-bond donors (Lipinski definition) is 0. The van der Waals surface area contributed by atoms with Crippen LogP contribution in [0.3, 0.4) is 0 Å². The number of alkyl halides is 2. The van der Waals surface area contributed by atoms with Crippen LogP contribution in [0.25, 0.3) is 4.85 Å². The third kappa shape index (κ3) is 1.84. The van der Waals surface area contributed by atoms with Crippen molar-refractivity contribution in [1.82, 2.24) is 9.96 Å². The molecule has 2 saturated heterocycles. The molecule has 0 N–H and O–H groups in total. The monoisotopic (exact) mass is 260 g/mol. The largest absolute Gasteiger partial charge is 0.542 e. The first-order valence-corrected chi connectivity index (χ1v) is 5.11. The van der Waals surface area contributed by atoms with Gasteiger partial charge >= 0.3 is 18.3 Å². The summed E-state index contributed by atoms with van der Waals surface area (Å²) in [7, 11) is 0. The Bertz CT molecular complexity index is 436. The molecule has 0 spiro atoms. The maximum atomic E-state index is 12.9. The summed E-state index contributed by atoms with van der Waals surface area (Å²) in [5, 5.41) is 10.5. The van der Waals surface area contributed by atoms with E-state index in [1.165, 1.54) is 0 Å². The highest BCUT2D eigenvalue weighted by molar-refractivity contribution is 5.78. The zero-order valence-corrected chi connectivity index (χ0v) is 9.01. The van der Waals surface area contributed by atoms with Crippen LogP contribution in [0, 0.1) is 6.57 Å². The molecule has 0 aromatic rings. The molecule has 98 valence electrons. The number of amides is 2. The number of nitrogens with zero attached hydrogens (tertiary/aromatic N) is 3. The SMILES string of the molecule is [C-]#[N+][C@@H]1CC[C@@H]2CN1C(=O)N2OC(F)(F)C(=O)[O-]. The first-order chi connectivity index (χ1) is 8.36. The number of carbonyl (C=O) groups excluding carboxylic acids is 2. The summed E-state index contributed by atoms with van der Waals surface area (Å²) in [6.07, 6.45) is -4.63. The van der Waals surface area contributed by atoms with E-state index in [9.17, 15) is 23.5 Å². The second-order valence-corrected chi connectivity index (χ2v) is 4.00. The smallest absolute Gasteiger partial charge is 0.417 e. The molecule has 2 heterocycles. The molecule has 18 heavy (non-hydrogen) atoms. The number of hydroxylamine groups is 2. The Morgan fingerprint density at radius 2 is 2.22 bits per heavy atom. The van der Waals surface area contributed by atoms with Crippen molar-refractivity contribution in [2.24, 2.45) is 0 Å². The van der Waals surface area contributed by atoms with Gasteiger partial charge in [-0.3, -0.25) is 9.74 Å². The van der Waals surface area contributed by atoms with E-state index >= 15 is 0 Å². The van der Waals surface area contributed by atoms with Crippen molar-refractivity contribution in [3.05, 3.63) is 11.4 Å². The minimum absolute atomic E-state index is 0.0784. The minimum Gasteiger partial charge on any atom is -0.542 e. The lowest BCUT2D eigenvalue weighted by molar-refractivity contribution is -0.394. The molecule has 0 aliphatic carbocycles. The summed E-state index contributed by atoms with van der Waals surface area (Å²) in [5.74, 6) is -2.71. The molecule has 0 saturated carbocycles. The van der Waals surface area contributed by atoms with Gasteiger partial charge < -0.3 is 9.90 Å². The zero-order valence-electron chi connectivity index (χ0n) is 9.01. The molecule has 7 nitrogen and oxygen atoms in total. The predicted molar refractivity (Wildman–Crippen MR) is 48.4 cm³/mol. The van der Waals surface area contributed by atoms with Crippen LogP contribution < -0.4 is 5.11 Å². The third-order valence-corrected chi connectivity index (χ3v) is 2.89. The van der Waals surface area contributed by atoms with Gasteiger partial charge in [0.2, 0.25) is 0 Å². The van der Waals surface area contributed by atoms with E-state index in [0.717, 1.165) is 4.90 Å². The molecule has 9 heteroatoms. The summed E-state index contributed by atoms with van der Waals surface area (Å²) in [5.41, 5.74) is 0. The van der Waals surface area contributed by atoms with E-state index in [-0.39, 0.29) is 6.54 Å². The fraction of sp³-hybridized carbons (Fsp3) is 0.667. The predicted octanol–water partition coefficient (Wildman–Crippen LogP) is -0.594. The second kappa shape index (κ2) is 4.06. The Balaban J connectivity index is 2.15. The average molecular weight is 260 g/mol. The Morgan fingerprint density at radius 3 is 2.78 bits per heavy atom. The van der Waals surface area contributed by atoms with Crippen molar-refractivity contribution in [2.75, 3.05) is 6.54 Å². The van der Waals surface area contributed by atoms with Crippen molar-refractivity contribution in [2.45, 2.75) is 31.2 Å². The summed E-state index contributed by atoms with van der Waals surface area (Å²) in [4.78, 5) is 30.0.